The van der Waals surface area contributed by atoms with Gasteiger partial charge < -0.3 is 5.32 Å². The van der Waals surface area contributed by atoms with Gasteiger partial charge in [-0.15, -0.1) is 0 Å². The molecule has 5 nitrogen and oxygen atoms in total. The van der Waals surface area contributed by atoms with Crippen LogP contribution >= 0.6 is 15.9 Å². The molecule has 132 valence electrons. The Morgan fingerprint density at radius 3 is 2.40 bits per heavy atom. The number of nitrogens with zero attached hydrogens (tertiary/aromatic N) is 1. The van der Waals surface area contributed by atoms with Crippen molar-refractivity contribution in [3.05, 3.63) is 58.6 Å². The van der Waals surface area contributed by atoms with E-state index in [9.17, 15) is 13.2 Å². The van der Waals surface area contributed by atoms with Crippen LogP contribution in [0.4, 0.5) is 5.69 Å². The van der Waals surface area contributed by atoms with E-state index in [2.05, 4.69) is 21.2 Å². The zero-order valence-corrected chi connectivity index (χ0v) is 16.2. The molecule has 1 aliphatic heterocycles. The van der Waals surface area contributed by atoms with E-state index in [0.717, 1.165) is 10.0 Å². The number of carbonyl (C=O) groups excluding carboxylic acids is 1. The van der Waals surface area contributed by atoms with Crippen molar-refractivity contribution in [3.8, 4) is 0 Å². The van der Waals surface area contributed by atoms with Crippen LogP contribution in [0.2, 0.25) is 0 Å². The predicted octanol–water partition coefficient (Wildman–Crippen LogP) is 3.55. The second-order valence-electron chi connectivity index (χ2n) is 6.08. The minimum Gasteiger partial charge on any atom is -0.325 e. The summed E-state index contributed by atoms with van der Waals surface area (Å²) in [5, 5.41) is 2.81. The number of anilines is 1. The SMILES string of the molecule is Cc1ccc(S(=O)(=O)N2CCC[C@H]2C(=O)Nc2ccc(Br)cc2)cc1. The molecule has 0 bridgehead atoms. The van der Waals surface area contributed by atoms with Gasteiger partial charge in [0.15, 0.2) is 0 Å². The van der Waals surface area contributed by atoms with Gasteiger partial charge in [-0.3, -0.25) is 4.79 Å². The fourth-order valence-electron chi connectivity index (χ4n) is 2.89. The number of aryl methyl sites for hydroxylation is 1. The van der Waals surface area contributed by atoms with Gasteiger partial charge in [0.05, 0.1) is 4.90 Å². The van der Waals surface area contributed by atoms with Crippen molar-refractivity contribution in [2.24, 2.45) is 0 Å². The molecule has 0 unspecified atom stereocenters. The first-order valence-electron chi connectivity index (χ1n) is 8.03. The summed E-state index contributed by atoms with van der Waals surface area (Å²) < 4.78 is 28.0. The quantitative estimate of drug-likeness (QED) is 0.818. The average Bonchev–Trinajstić information content (AvgIpc) is 3.08. The molecule has 1 N–H and O–H groups in total. The maximum atomic E-state index is 12.9. The minimum atomic E-state index is -3.68. The predicted molar refractivity (Wildman–Crippen MR) is 101 cm³/mol. The molecule has 1 atom stereocenters. The largest absolute Gasteiger partial charge is 0.325 e. The van der Waals surface area contributed by atoms with Crippen LogP contribution in [0.15, 0.2) is 57.9 Å². The third kappa shape index (κ3) is 3.94. The van der Waals surface area contributed by atoms with Crippen molar-refractivity contribution in [2.45, 2.75) is 30.7 Å². The first-order chi connectivity index (χ1) is 11.9. The van der Waals surface area contributed by atoms with Crippen molar-refractivity contribution >= 4 is 37.5 Å². The molecule has 0 saturated carbocycles. The second-order valence-corrected chi connectivity index (χ2v) is 8.89. The number of hydrogen-bond acceptors (Lipinski definition) is 3. The highest BCUT2D eigenvalue weighted by molar-refractivity contribution is 9.10. The van der Waals surface area contributed by atoms with Crippen LogP contribution in [0, 0.1) is 6.92 Å². The van der Waals surface area contributed by atoms with Crippen LogP contribution in [0.5, 0.6) is 0 Å². The van der Waals surface area contributed by atoms with E-state index in [1.807, 2.05) is 19.1 Å². The molecule has 1 saturated heterocycles. The van der Waals surface area contributed by atoms with Gasteiger partial charge in [0, 0.05) is 16.7 Å². The highest BCUT2D eigenvalue weighted by atomic mass is 79.9. The number of rotatable bonds is 4. The molecule has 25 heavy (non-hydrogen) atoms. The molecular formula is C18H19BrN2O3S. The lowest BCUT2D eigenvalue weighted by atomic mass is 10.2. The van der Waals surface area contributed by atoms with E-state index < -0.39 is 16.1 Å². The molecule has 1 amide bonds. The summed E-state index contributed by atoms with van der Waals surface area (Å²) in [7, 11) is -3.68. The van der Waals surface area contributed by atoms with Gasteiger partial charge in [-0.2, -0.15) is 4.31 Å². The molecule has 7 heteroatoms. The molecule has 1 aliphatic rings. The summed E-state index contributed by atoms with van der Waals surface area (Å²) in [4.78, 5) is 12.8. The molecule has 0 aromatic heterocycles. The lowest BCUT2D eigenvalue weighted by molar-refractivity contribution is -0.119. The zero-order chi connectivity index (χ0) is 18.0. The first kappa shape index (κ1) is 18.1. The Morgan fingerprint density at radius 2 is 1.76 bits per heavy atom. The topological polar surface area (TPSA) is 66.5 Å². The standard InChI is InChI=1S/C18H19BrN2O3S/c1-13-4-10-16(11-5-13)25(23,24)21-12-2-3-17(21)18(22)20-15-8-6-14(19)7-9-15/h4-11,17H,2-3,12H2,1H3,(H,20,22)/t17-/m0/s1. The third-order valence-electron chi connectivity index (χ3n) is 4.25. The van der Waals surface area contributed by atoms with E-state index in [4.69, 9.17) is 0 Å². The summed E-state index contributed by atoms with van der Waals surface area (Å²) >= 11 is 3.34. The van der Waals surface area contributed by atoms with Crippen LogP contribution in [-0.2, 0) is 14.8 Å². The van der Waals surface area contributed by atoms with Crippen LogP contribution < -0.4 is 5.32 Å². The number of halogens is 1. The van der Waals surface area contributed by atoms with Gasteiger partial charge in [0.2, 0.25) is 15.9 Å². The van der Waals surface area contributed by atoms with Crippen molar-refractivity contribution < 1.29 is 13.2 Å². The number of amides is 1. The minimum absolute atomic E-state index is 0.224. The lowest BCUT2D eigenvalue weighted by Gasteiger charge is -2.23. The van der Waals surface area contributed by atoms with Gasteiger partial charge in [0.25, 0.3) is 0 Å². The average molecular weight is 423 g/mol. The maximum absolute atomic E-state index is 12.9. The van der Waals surface area contributed by atoms with Crippen LogP contribution in [0.25, 0.3) is 0 Å². The van der Waals surface area contributed by atoms with Crippen LogP contribution in [0.3, 0.4) is 0 Å². The monoisotopic (exact) mass is 422 g/mol. The molecule has 1 fully saturated rings. The van der Waals surface area contributed by atoms with Crippen molar-refractivity contribution in [1.82, 2.24) is 4.31 Å². The van der Waals surface area contributed by atoms with Gasteiger partial charge in [-0.05, 0) is 56.2 Å². The van der Waals surface area contributed by atoms with Crippen LogP contribution in [0.1, 0.15) is 18.4 Å². The summed E-state index contributed by atoms with van der Waals surface area (Å²) in [6.45, 7) is 2.26. The molecule has 1 heterocycles. The Kier molecular flexibility index (Phi) is 5.27. The fourth-order valence-corrected chi connectivity index (χ4v) is 4.82. The Bertz CT molecular complexity index is 864. The number of hydrogen-bond donors (Lipinski definition) is 1. The molecule has 2 aromatic rings. The Labute approximate surface area is 156 Å². The molecule has 2 aromatic carbocycles. The number of benzene rings is 2. The molecule has 0 aliphatic carbocycles. The van der Waals surface area contributed by atoms with Gasteiger partial charge in [0.1, 0.15) is 6.04 Å². The van der Waals surface area contributed by atoms with Gasteiger partial charge >= 0.3 is 0 Å². The summed E-state index contributed by atoms with van der Waals surface area (Å²) in [6.07, 6.45) is 1.19. The van der Waals surface area contributed by atoms with E-state index in [-0.39, 0.29) is 10.8 Å². The summed E-state index contributed by atoms with van der Waals surface area (Å²) in [5.74, 6) is -0.296. The third-order valence-corrected chi connectivity index (χ3v) is 6.70. The van der Waals surface area contributed by atoms with E-state index in [1.54, 1.807) is 36.4 Å². The van der Waals surface area contributed by atoms with Gasteiger partial charge in [-0.25, -0.2) is 8.42 Å². The molecule has 0 spiro atoms. The van der Waals surface area contributed by atoms with Gasteiger partial charge in [-0.1, -0.05) is 33.6 Å². The van der Waals surface area contributed by atoms with Crippen molar-refractivity contribution in [2.75, 3.05) is 11.9 Å². The number of sulfonamides is 1. The summed E-state index contributed by atoms with van der Waals surface area (Å²) in [5.41, 5.74) is 1.64. The second kappa shape index (κ2) is 7.27. The Balaban J connectivity index is 1.80. The highest BCUT2D eigenvalue weighted by Gasteiger charge is 2.39. The van der Waals surface area contributed by atoms with Crippen LogP contribution in [-0.4, -0.2) is 31.2 Å². The molecular weight excluding hydrogens is 404 g/mol. The Morgan fingerprint density at radius 1 is 1.12 bits per heavy atom. The number of nitrogens with one attached hydrogen (secondary N) is 1. The lowest BCUT2D eigenvalue weighted by Crippen LogP contribution is -2.43. The Hall–Kier alpha value is -1.70. The number of carbonyl (C=O) groups is 1. The fraction of sp³-hybridized carbons (Fsp3) is 0.278. The first-order valence-corrected chi connectivity index (χ1v) is 10.3. The molecule has 0 radical (unpaired) electrons. The normalized spacial score (nSPS) is 18.2. The summed E-state index contributed by atoms with van der Waals surface area (Å²) in [6, 6.07) is 13.2. The van der Waals surface area contributed by atoms with Crippen molar-refractivity contribution in [3.63, 3.8) is 0 Å². The maximum Gasteiger partial charge on any atom is 0.243 e. The van der Waals surface area contributed by atoms with Crippen molar-refractivity contribution in [1.29, 1.82) is 0 Å². The van der Waals surface area contributed by atoms with E-state index in [0.29, 0.717) is 25.1 Å². The van der Waals surface area contributed by atoms with E-state index >= 15 is 0 Å². The van der Waals surface area contributed by atoms with E-state index in [1.165, 1.54) is 4.31 Å². The molecule has 3 rings (SSSR count). The smallest absolute Gasteiger partial charge is 0.243 e. The zero-order valence-electron chi connectivity index (χ0n) is 13.8. The highest BCUT2D eigenvalue weighted by Crippen LogP contribution is 2.27.